The number of hydrogen-bond acceptors (Lipinski definition) is 3. The number of hydrogen-bond donors (Lipinski definition) is 1. The molecule has 0 aliphatic carbocycles. The first kappa shape index (κ1) is 13.1. The largest absolute Gasteiger partial charge is 0.390 e. The normalized spacial score (nSPS) is 41.4. The highest BCUT2D eigenvalue weighted by molar-refractivity contribution is 5.13. The number of aliphatic hydroxyl groups is 1. The van der Waals surface area contributed by atoms with Gasteiger partial charge in [-0.25, -0.2) is 0 Å². The van der Waals surface area contributed by atoms with Crippen LogP contribution in [-0.2, 0) is 16.1 Å². The topological polar surface area (TPSA) is 38.7 Å². The van der Waals surface area contributed by atoms with Crippen molar-refractivity contribution >= 4 is 0 Å². The van der Waals surface area contributed by atoms with Crippen LogP contribution in [0.3, 0.4) is 0 Å². The fourth-order valence-electron chi connectivity index (χ4n) is 3.48. The molecule has 19 heavy (non-hydrogen) atoms. The van der Waals surface area contributed by atoms with Gasteiger partial charge in [0.1, 0.15) is 0 Å². The quantitative estimate of drug-likeness (QED) is 0.909. The molecule has 0 spiro atoms. The molecule has 1 aromatic rings. The van der Waals surface area contributed by atoms with Crippen molar-refractivity contribution in [1.29, 1.82) is 0 Å². The van der Waals surface area contributed by atoms with E-state index in [9.17, 15) is 5.11 Å². The van der Waals surface area contributed by atoms with Crippen molar-refractivity contribution in [3.63, 3.8) is 0 Å². The average molecular weight is 262 g/mol. The smallest absolute Gasteiger partial charge is 0.0889 e. The zero-order valence-corrected chi connectivity index (χ0v) is 11.5. The maximum Gasteiger partial charge on any atom is 0.0889 e. The Hall–Kier alpha value is -0.900. The molecule has 2 heterocycles. The highest BCUT2D eigenvalue weighted by atomic mass is 16.5. The molecule has 0 unspecified atom stereocenters. The molecule has 104 valence electrons. The third-order valence-electron chi connectivity index (χ3n) is 4.61. The van der Waals surface area contributed by atoms with Gasteiger partial charge < -0.3 is 14.6 Å². The van der Waals surface area contributed by atoms with Gasteiger partial charge in [0, 0.05) is 18.3 Å². The lowest BCUT2D eigenvalue weighted by Crippen LogP contribution is -2.46. The molecular formula is C16H22O3. The Kier molecular flexibility index (Phi) is 3.61. The molecule has 0 saturated carbocycles. The van der Waals surface area contributed by atoms with Gasteiger partial charge in [-0.1, -0.05) is 44.2 Å². The first-order valence-electron chi connectivity index (χ1n) is 7.16. The van der Waals surface area contributed by atoms with Crippen LogP contribution in [-0.4, -0.2) is 29.5 Å². The van der Waals surface area contributed by atoms with E-state index in [4.69, 9.17) is 9.47 Å². The van der Waals surface area contributed by atoms with Crippen LogP contribution in [0.2, 0.25) is 0 Å². The summed E-state index contributed by atoms with van der Waals surface area (Å²) in [6, 6.07) is 10.2. The molecule has 3 heteroatoms. The van der Waals surface area contributed by atoms with E-state index in [0.29, 0.717) is 12.5 Å². The van der Waals surface area contributed by atoms with Gasteiger partial charge >= 0.3 is 0 Å². The van der Waals surface area contributed by atoms with Crippen molar-refractivity contribution in [1.82, 2.24) is 0 Å². The highest BCUT2D eigenvalue weighted by Gasteiger charge is 2.50. The molecular weight excluding hydrogens is 240 g/mol. The molecule has 2 aliphatic heterocycles. The molecule has 2 fully saturated rings. The summed E-state index contributed by atoms with van der Waals surface area (Å²) in [7, 11) is 0. The van der Waals surface area contributed by atoms with Gasteiger partial charge in [0.05, 0.1) is 31.0 Å². The van der Waals surface area contributed by atoms with Crippen molar-refractivity contribution in [3.8, 4) is 0 Å². The van der Waals surface area contributed by atoms with Gasteiger partial charge in [-0.3, -0.25) is 0 Å². The van der Waals surface area contributed by atoms with Crippen LogP contribution in [0.15, 0.2) is 30.3 Å². The van der Waals surface area contributed by atoms with Gasteiger partial charge in [-0.15, -0.1) is 0 Å². The van der Waals surface area contributed by atoms with Crippen LogP contribution >= 0.6 is 0 Å². The van der Waals surface area contributed by atoms with Gasteiger partial charge in [0.25, 0.3) is 0 Å². The Morgan fingerprint density at radius 3 is 2.68 bits per heavy atom. The van der Waals surface area contributed by atoms with E-state index in [0.717, 1.165) is 6.42 Å². The predicted octanol–water partition coefficient (Wildman–Crippen LogP) is 2.38. The number of aliphatic hydroxyl groups excluding tert-OH is 1. The minimum atomic E-state index is -0.326. The first-order chi connectivity index (χ1) is 9.16. The standard InChI is InChI=1S/C16H22O3/c1-10-14-8-13(17)16(19-14)11(2)15(10)18-9-12-6-4-3-5-7-12/h3-7,10-11,13-17H,8-9H2,1-2H3/t10-,11-,13-,14+,15-,16+/m0/s1. The van der Waals surface area contributed by atoms with E-state index >= 15 is 0 Å². The van der Waals surface area contributed by atoms with Gasteiger partial charge in [0.15, 0.2) is 0 Å². The maximum absolute atomic E-state index is 10.0. The molecule has 2 saturated heterocycles. The lowest BCUT2D eigenvalue weighted by atomic mass is 9.86. The Balaban J connectivity index is 1.67. The van der Waals surface area contributed by atoms with Gasteiger partial charge in [0.2, 0.25) is 0 Å². The van der Waals surface area contributed by atoms with Crippen LogP contribution in [0.5, 0.6) is 0 Å². The van der Waals surface area contributed by atoms with Gasteiger partial charge in [-0.2, -0.15) is 0 Å². The summed E-state index contributed by atoms with van der Waals surface area (Å²) in [6.07, 6.45) is 0.689. The minimum Gasteiger partial charge on any atom is -0.390 e. The molecule has 0 radical (unpaired) electrons. The van der Waals surface area contributed by atoms with Gasteiger partial charge in [-0.05, 0) is 5.56 Å². The average Bonchev–Trinajstić information content (AvgIpc) is 2.78. The number of benzene rings is 1. The number of ether oxygens (including phenoxy) is 2. The highest BCUT2D eigenvalue weighted by Crippen LogP contribution is 2.41. The Labute approximate surface area is 114 Å². The van der Waals surface area contributed by atoms with Crippen molar-refractivity contribution in [3.05, 3.63) is 35.9 Å². The fraction of sp³-hybridized carbons (Fsp3) is 0.625. The van der Waals surface area contributed by atoms with Crippen molar-refractivity contribution < 1.29 is 14.6 Å². The number of fused-ring (bicyclic) bond motifs is 2. The van der Waals surface area contributed by atoms with E-state index in [1.54, 1.807) is 0 Å². The third-order valence-corrected chi connectivity index (χ3v) is 4.61. The SMILES string of the molecule is C[C@@H]1[C@H](OCc2ccccc2)[C@H](C)[C@H]2O[C@@H]1C[C@@H]2O. The second-order valence-electron chi connectivity index (χ2n) is 5.92. The lowest BCUT2D eigenvalue weighted by Gasteiger charge is -2.39. The lowest BCUT2D eigenvalue weighted by molar-refractivity contribution is -0.163. The first-order valence-corrected chi connectivity index (χ1v) is 7.16. The van der Waals surface area contributed by atoms with E-state index in [-0.39, 0.29) is 30.3 Å². The molecule has 3 rings (SSSR count). The fourth-order valence-corrected chi connectivity index (χ4v) is 3.48. The Morgan fingerprint density at radius 1 is 1.21 bits per heavy atom. The summed E-state index contributed by atoms with van der Waals surface area (Å²) >= 11 is 0. The van der Waals surface area contributed by atoms with E-state index < -0.39 is 0 Å². The zero-order chi connectivity index (χ0) is 13.4. The monoisotopic (exact) mass is 262 g/mol. The molecule has 1 aromatic carbocycles. The van der Waals surface area contributed by atoms with Crippen LogP contribution in [0, 0.1) is 11.8 Å². The molecule has 6 atom stereocenters. The molecule has 2 bridgehead atoms. The summed E-state index contributed by atoms with van der Waals surface area (Å²) in [5, 5.41) is 10.0. The molecule has 1 N–H and O–H groups in total. The summed E-state index contributed by atoms with van der Waals surface area (Å²) < 4.78 is 12.0. The second kappa shape index (κ2) is 5.23. The molecule has 2 aliphatic rings. The Bertz CT molecular complexity index is 419. The Morgan fingerprint density at radius 2 is 1.95 bits per heavy atom. The van der Waals surface area contributed by atoms with Crippen LogP contribution in [0.25, 0.3) is 0 Å². The van der Waals surface area contributed by atoms with Crippen LogP contribution in [0.4, 0.5) is 0 Å². The van der Waals surface area contributed by atoms with E-state index in [1.807, 2.05) is 18.2 Å². The molecule has 3 nitrogen and oxygen atoms in total. The molecule has 0 amide bonds. The van der Waals surface area contributed by atoms with Crippen molar-refractivity contribution in [2.45, 2.75) is 51.3 Å². The number of rotatable bonds is 3. The van der Waals surface area contributed by atoms with Crippen molar-refractivity contribution in [2.75, 3.05) is 0 Å². The third kappa shape index (κ3) is 2.42. The minimum absolute atomic E-state index is 0.0537. The summed E-state index contributed by atoms with van der Waals surface area (Å²) in [5.74, 6) is 0.583. The maximum atomic E-state index is 10.0. The van der Waals surface area contributed by atoms with Crippen LogP contribution < -0.4 is 0 Å². The van der Waals surface area contributed by atoms with E-state index in [1.165, 1.54) is 5.56 Å². The summed E-state index contributed by atoms with van der Waals surface area (Å²) in [6.45, 7) is 4.93. The van der Waals surface area contributed by atoms with E-state index in [2.05, 4.69) is 26.0 Å². The zero-order valence-electron chi connectivity index (χ0n) is 11.5. The molecule has 0 aromatic heterocycles. The summed E-state index contributed by atoms with van der Waals surface area (Å²) in [5.41, 5.74) is 1.20. The second-order valence-corrected chi connectivity index (χ2v) is 5.92. The summed E-state index contributed by atoms with van der Waals surface area (Å²) in [4.78, 5) is 0. The predicted molar refractivity (Wildman–Crippen MR) is 72.6 cm³/mol. The van der Waals surface area contributed by atoms with Crippen molar-refractivity contribution in [2.24, 2.45) is 11.8 Å². The van der Waals surface area contributed by atoms with Crippen LogP contribution in [0.1, 0.15) is 25.8 Å².